The largest absolute Gasteiger partial charge is 0.490 e. The van der Waals surface area contributed by atoms with Gasteiger partial charge in [0.05, 0.1) is 6.61 Å². The monoisotopic (exact) mass is 291 g/mol. The number of amides is 1. The summed E-state index contributed by atoms with van der Waals surface area (Å²) in [6.45, 7) is 3.17. The van der Waals surface area contributed by atoms with Crippen molar-refractivity contribution in [3.63, 3.8) is 0 Å². The molecule has 2 aliphatic rings. The molecule has 0 saturated carbocycles. The van der Waals surface area contributed by atoms with Crippen LogP contribution in [-0.4, -0.2) is 19.1 Å². The second-order valence-corrected chi connectivity index (χ2v) is 5.92. The minimum Gasteiger partial charge on any atom is -0.490 e. The third-order valence-electron chi connectivity index (χ3n) is 4.59. The molecule has 3 rings (SSSR count). The van der Waals surface area contributed by atoms with Crippen molar-refractivity contribution < 1.29 is 13.9 Å². The highest BCUT2D eigenvalue weighted by molar-refractivity contribution is 5.75. The van der Waals surface area contributed by atoms with Crippen LogP contribution in [0.1, 0.15) is 55.2 Å². The van der Waals surface area contributed by atoms with Gasteiger partial charge >= 0.3 is 0 Å². The van der Waals surface area contributed by atoms with Gasteiger partial charge in [-0.2, -0.15) is 0 Å². The standard InChI is InChI=1S/C17H22FNO2/c1-2-15(20)19-8-7-11-5-6-12-10-14(18)17-13(16(11)12)4-3-9-21-17/h10-11H,2-9H2,1H3,(H,19,20). The molecule has 4 heteroatoms. The average Bonchev–Trinajstić information content (AvgIpc) is 2.90. The summed E-state index contributed by atoms with van der Waals surface area (Å²) in [4.78, 5) is 11.3. The van der Waals surface area contributed by atoms with Crippen molar-refractivity contribution in [1.29, 1.82) is 0 Å². The third kappa shape index (κ3) is 2.76. The molecule has 0 bridgehead atoms. The first-order chi connectivity index (χ1) is 10.2. The SMILES string of the molecule is CCC(=O)NCCC1CCc2cc(F)c3c(c21)CCCO3. The summed E-state index contributed by atoms with van der Waals surface area (Å²) in [6.07, 6.45) is 5.31. The number of hydrogen-bond donors (Lipinski definition) is 1. The van der Waals surface area contributed by atoms with Crippen molar-refractivity contribution in [1.82, 2.24) is 5.32 Å². The first kappa shape index (κ1) is 14.4. The fraction of sp³-hybridized carbons (Fsp3) is 0.588. The summed E-state index contributed by atoms with van der Waals surface area (Å²) >= 11 is 0. The Balaban J connectivity index is 1.79. The molecule has 1 unspecified atom stereocenters. The van der Waals surface area contributed by atoms with Crippen LogP contribution < -0.4 is 10.1 Å². The van der Waals surface area contributed by atoms with Crippen LogP contribution in [0.15, 0.2) is 6.07 Å². The van der Waals surface area contributed by atoms with E-state index >= 15 is 0 Å². The summed E-state index contributed by atoms with van der Waals surface area (Å²) in [7, 11) is 0. The van der Waals surface area contributed by atoms with Crippen molar-refractivity contribution in [2.24, 2.45) is 0 Å². The topological polar surface area (TPSA) is 38.3 Å². The molecule has 0 saturated heterocycles. The van der Waals surface area contributed by atoms with Gasteiger partial charge in [0, 0.05) is 18.5 Å². The van der Waals surface area contributed by atoms with Crippen molar-refractivity contribution in [2.45, 2.75) is 51.4 Å². The minimum absolute atomic E-state index is 0.0951. The Labute approximate surface area is 124 Å². The molecule has 3 nitrogen and oxygen atoms in total. The predicted molar refractivity (Wildman–Crippen MR) is 79.2 cm³/mol. The van der Waals surface area contributed by atoms with Gasteiger partial charge in [0.15, 0.2) is 11.6 Å². The Hall–Kier alpha value is -1.58. The van der Waals surface area contributed by atoms with E-state index in [1.807, 2.05) is 6.92 Å². The number of aryl methyl sites for hydroxylation is 1. The van der Waals surface area contributed by atoms with Gasteiger partial charge in [0.2, 0.25) is 5.91 Å². The van der Waals surface area contributed by atoms with E-state index in [1.54, 1.807) is 6.07 Å². The van der Waals surface area contributed by atoms with Crippen LogP contribution in [0.2, 0.25) is 0 Å². The van der Waals surface area contributed by atoms with E-state index in [0.717, 1.165) is 43.2 Å². The number of nitrogens with one attached hydrogen (secondary N) is 1. The number of carbonyl (C=O) groups is 1. The maximum Gasteiger partial charge on any atom is 0.219 e. The van der Waals surface area contributed by atoms with E-state index in [1.165, 1.54) is 5.56 Å². The second-order valence-electron chi connectivity index (χ2n) is 5.92. The van der Waals surface area contributed by atoms with Crippen LogP contribution in [-0.2, 0) is 17.6 Å². The van der Waals surface area contributed by atoms with Crippen molar-refractivity contribution >= 4 is 5.91 Å². The molecule has 1 N–H and O–H groups in total. The Bertz CT molecular complexity index is 556. The van der Waals surface area contributed by atoms with E-state index in [9.17, 15) is 9.18 Å². The van der Waals surface area contributed by atoms with Gasteiger partial charge < -0.3 is 10.1 Å². The van der Waals surface area contributed by atoms with Gasteiger partial charge in [-0.25, -0.2) is 4.39 Å². The molecule has 1 heterocycles. The molecule has 1 aliphatic heterocycles. The van der Waals surface area contributed by atoms with Crippen molar-refractivity contribution in [3.8, 4) is 5.75 Å². The predicted octanol–water partition coefficient (Wildman–Crippen LogP) is 3.10. The third-order valence-corrected chi connectivity index (χ3v) is 4.59. The van der Waals surface area contributed by atoms with Gasteiger partial charge in [-0.05, 0) is 55.2 Å². The number of ether oxygens (including phenoxy) is 1. The normalized spacial score (nSPS) is 19.6. The lowest BCUT2D eigenvalue weighted by Gasteiger charge is -2.23. The van der Waals surface area contributed by atoms with Crippen molar-refractivity contribution in [2.75, 3.05) is 13.2 Å². The van der Waals surface area contributed by atoms with Gasteiger partial charge in [-0.15, -0.1) is 0 Å². The zero-order chi connectivity index (χ0) is 14.8. The molecule has 0 fully saturated rings. The highest BCUT2D eigenvalue weighted by Crippen LogP contribution is 2.44. The molecule has 21 heavy (non-hydrogen) atoms. The molecule has 0 radical (unpaired) electrons. The number of hydrogen-bond acceptors (Lipinski definition) is 2. The summed E-state index contributed by atoms with van der Waals surface area (Å²) in [6, 6.07) is 1.66. The van der Waals surface area contributed by atoms with E-state index < -0.39 is 0 Å². The molecule has 0 aromatic heterocycles. The van der Waals surface area contributed by atoms with Crippen LogP contribution in [0.4, 0.5) is 4.39 Å². The van der Waals surface area contributed by atoms with E-state index in [4.69, 9.17) is 4.74 Å². The van der Waals surface area contributed by atoms with Crippen LogP contribution in [0.3, 0.4) is 0 Å². The number of rotatable bonds is 4. The average molecular weight is 291 g/mol. The lowest BCUT2D eigenvalue weighted by atomic mass is 9.89. The highest BCUT2D eigenvalue weighted by atomic mass is 19.1. The van der Waals surface area contributed by atoms with E-state index in [-0.39, 0.29) is 11.7 Å². The van der Waals surface area contributed by atoms with E-state index in [2.05, 4.69) is 5.32 Å². The maximum atomic E-state index is 14.1. The number of halogens is 1. The fourth-order valence-electron chi connectivity index (χ4n) is 3.57. The number of carbonyl (C=O) groups excluding carboxylic acids is 1. The molecule has 0 spiro atoms. The highest BCUT2D eigenvalue weighted by Gasteiger charge is 2.30. The molecule has 114 valence electrons. The number of benzene rings is 1. The van der Waals surface area contributed by atoms with Crippen LogP contribution in [0, 0.1) is 5.82 Å². The molecule has 1 aromatic rings. The Morgan fingerprint density at radius 1 is 1.48 bits per heavy atom. The van der Waals surface area contributed by atoms with Crippen LogP contribution in [0.5, 0.6) is 5.75 Å². The number of fused-ring (bicyclic) bond motifs is 3. The second kappa shape index (κ2) is 6.04. The summed E-state index contributed by atoms with van der Waals surface area (Å²) in [5.41, 5.74) is 3.53. The van der Waals surface area contributed by atoms with Crippen LogP contribution >= 0.6 is 0 Å². The zero-order valence-corrected chi connectivity index (χ0v) is 12.5. The fourth-order valence-corrected chi connectivity index (χ4v) is 3.57. The first-order valence-corrected chi connectivity index (χ1v) is 7.94. The molecular formula is C17H22FNO2. The summed E-state index contributed by atoms with van der Waals surface area (Å²) in [5.74, 6) is 0.791. The van der Waals surface area contributed by atoms with E-state index in [0.29, 0.717) is 31.2 Å². The van der Waals surface area contributed by atoms with Gasteiger partial charge in [-0.3, -0.25) is 4.79 Å². The zero-order valence-electron chi connectivity index (χ0n) is 12.5. The Kier molecular flexibility index (Phi) is 4.13. The molecule has 1 aromatic carbocycles. The Morgan fingerprint density at radius 2 is 2.33 bits per heavy atom. The lowest BCUT2D eigenvalue weighted by molar-refractivity contribution is -0.120. The lowest BCUT2D eigenvalue weighted by Crippen LogP contribution is -2.24. The van der Waals surface area contributed by atoms with Crippen molar-refractivity contribution in [3.05, 3.63) is 28.6 Å². The molecule has 1 amide bonds. The Morgan fingerprint density at radius 3 is 3.14 bits per heavy atom. The summed E-state index contributed by atoms with van der Waals surface area (Å²) in [5, 5.41) is 2.94. The summed E-state index contributed by atoms with van der Waals surface area (Å²) < 4.78 is 19.6. The first-order valence-electron chi connectivity index (χ1n) is 7.94. The molecule has 1 aliphatic carbocycles. The molecular weight excluding hydrogens is 269 g/mol. The smallest absolute Gasteiger partial charge is 0.219 e. The van der Waals surface area contributed by atoms with Gasteiger partial charge in [-0.1, -0.05) is 6.92 Å². The molecule has 1 atom stereocenters. The van der Waals surface area contributed by atoms with Crippen LogP contribution in [0.25, 0.3) is 0 Å². The minimum atomic E-state index is -0.205. The maximum absolute atomic E-state index is 14.1. The van der Waals surface area contributed by atoms with Gasteiger partial charge in [0.25, 0.3) is 0 Å². The quantitative estimate of drug-likeness (QED) is 0.925. The van der Waals surface area contributed by atoms with Gasteiger partial charge in [0.1, 0.15) is 0 Å².